The number of alkyl halides is 5. The Morgan fingerprint density at radius 3 is 2.42 bits per heavy atom. The van der Waals surface area contributed by atoms with Crippen molar-refractivity contribution in [2.75, 3.05) is 22.6 Å². The number of nitrogens with two attached hydrogens (primary N) is 1. The van der Waals surface area contributed by atoms with Crippen molar-refractivity contribution in [1.29, 1.82) is 0 Å². The zero-order valence-corrected chi connectivity index (χ0v) is 23.3. The summed E-state index contributed by atoms with van der Waals surface area (Å²) in [5.74, 6) is -6.01. The second kappa shape index (κ2) is 10.1. The standard InChI is InChI=1S/C28H28F5N7O3/c1-25(2,24(42)43)13-14-6-8-15(9-7-14)26(3)17-19(34)36-21(37-20(17)38-23(26)41)18-16-5-4-11-35-22(16)40(39-18)12-10-27(29,30)28(31,32)33/h4-9,11,18,39H,10,12-13H2,1-3H3,(H,42,43)(H3,34,36,37,38,41). The summed E-state index contributed by atoms with van der Waals surface area (Å²) in [5.41, 5.74) is 9.01. The van der Waals surface area contributed by atoms with E-state index in [1.807, 2.05) is 0 Å². The SMILES string of the molecule is CC(C)(Cc1ccc(C2(C)C(=O)Nc3nc(C4NN(CCC(F)(F)C(F)(F)F)c5ncccc54)nc(N)c32)cc1)C(=O)O. The van der Waals surface area contributed by atoms with E-state index in [-0.39, 0.29) is 29.7 Å². The molecule has 2 unspecified atom stereocenters. The fourth-order valence-electron chi connectivity index (χ4n) is 5.28. The molecule has 0 radical (unpaired) electrons. The van der Waals surface area contributed by atoms with Crippen molar-refractivity contribution in [2.24, 2.45) is 5.41 Å². The van der Waals surface area contributed by atoms with Gasteiger partial charge in [0.05, 0.1) is 11.0 Å². The maximum atomic E-state index is 13.7. The lowest BCUT2D eigenvalue weighted by Gasteiger charge is -2.25. The third-order valence-corrected chi connectivity index (χ3v) is 7.89. The second-order valence-electron chi connectivity index (χ2n) is 11.4. The molecule has 2 aliphatic rings. The van der Waals surface area contributed by atoms with Crippen molar-refractivity contribution in [3.63, 3.8) is 0 Å². The van der Waals surface area contributed by atoms with Crippen molar-refractivity contribution >= 4 is 29.3 Å². The highest BCUT2D eigenvalue weighted by Gasteiger charge is 2.57. The van der Waals surface area contributed by atoms with Gasteiger partial charge in [-0.15, -0.1) is 0 Å². The largest absolute Gasteiger partial charge is 0.481 e. The first-order valence-electron chi connectivity index (χ1n) is 13.2. The number of halogens is 5. The van der Waals surface area contributed by atoms with Gasteiger partial charge >= 0.3 is 18.1 Å². The van der Waals surface area contributed by atoms with E-state index < -0.39 is 53.8 Å². The van der Waals surface area contributed by atoms with E-state index >= 15 is 0 Å². The first kappa shape index (κ1) is 30.1. The van der Waals surface area contributed by atoms with Gasteiger partial charge in [0, 0.05) is 24.7 Å². The Morgan fingerprint density at radius 2 is 1.79 bits per heavy atom. The van der Waals surface area contributed by atoms with Crippen LogP contribution in [0.25, 0.3) is 0 Å². The average Bonchev–Trinajstić information content (AvgIpc) is 3.42. The first-order valence-corrected chi connectivity index (χ1v) is 13.2. The van der Waals surface area contributed by atoms with Gasteiger partial charge in [0.15, 0.2) is 5.82 Å². The number of hydrazine groups is 1. The van der Waals surface area contributed by atoms with Gasteiger partial charge in [-0.1, -0.05) is 30.3 Å². The van der Waals surface area contributed by atoms with E-state index in [0.717, 1.165) is 10.6 Å². The number of carboxylic acids is 1. The summed E-state index contributed by atoms with van der Waals surface area (Å²) in [6.45, 7) is 4.17. The highest BCUT2D eigenvalue weighted by atomic mass is 19.4. The third kappa shape index (κ3) is 5.11. The molecule has 0 saturated carbocycles. The lowest BCUT2D eigenvalue weighted by molar-refractivity contribution is -0.283. The Balaban J connectivity index is 1.44. The van der Waals surface area contributed by atoms with Gasteiger partial charge in [0.1, 0.15) is 28.9 Å². The van der Waals surface area contributed by atoms with Crippen molar-refractivity contribution in [1.82, 2.24) is 20.4 Å². The minimum Gasteiger partial charge on any atom is -0.481 e. The number of nitrogen functional groups attached to an aromatic ring is 1. The Hall–Kier alpha value is -4.40. The van der Waals surface area contributed by atoms with Gasteiger partial charge in [0.25, 0.3) is 0 Å². The minimum absolute atomic E-state index is 0.0359. The highest BCUT2D eigenvalue weighted by Crippen LogP contribution is 2.46. The van der Waals surface area contributed by atoms with Crippen LogP contribution in [-0.4, -0.2) is 50.6 Å². The predicted molar refractivity (Wildman–Crippen MR) is 145 cm³/mol. The molecule has 228 valence electrons. The van der Waals surface area contributed by atoms with Gasteiger partial charge in [-0.2, -0.15) is 22.0 Å². The van der Waals surface area contributed by atoms with Crippen molar-refractivity contribution < 1.29 is 36.6 Å². The molecule has 1 amide bonds. The number of nitrogens with zero attached hydrogens (tertiary/aromatic N) is 4. The maximum Gasteiger partial charge on any atom is 0.453 e. The summed E-state index contributed by atoms with van der Waals surface area (Å²) in [7, 11) is 0. The molecule has 1 aromatic carbocycles. The smallest absolute Gasteiger partial charge is 0.453 e. The Labute approximate surface area is 242 Å². The Morgan fingerprint density at radius 1 is 1.12 bits per heavy atom. The van der Waals surface area contributed by atoms with Gasteiger partial charge in [0.2, 0.25) is 5.91 Å². The molecule has 2 atom stereocenters. The predicted octanol–water partition coefficient (Wildman–Crippen LogP) is 4.37. The fraction of sp³-hybridized carbons (Fsp3) is 0.393. The van der Waals surface area contributed by atoms with Crippen LogP contribution >= 0.6 is 0 Å². The van der Waals surface area contributed by atoms with Crippen LogP contribution in [0.2, 0.25) is 0 Å². The van der Waals surface area contributed by atoms with Crippen molar-refractivity contribution in [3.8, 4) is 0 Å². The molecule has 0 bridgehead atoms. The molecule has 5 N–H and O–H groups in total. The molecule has 2 aromatic heterocycles. The number of rotatable bonds is 8. The fourth-order valence-corrected chi connectivity index (χ4v) is 5.28. The number of fused-ring (bicyclic) bond motifs is 2. The van der Waals surface area contributed by atoms with E-state index in [9.17, 15) is 36.6 Å². The van der Waals surface area contributed by atoms with Gasteiger partial charge in [-0.25, -0.2) is 20.4 Å². The summed E-state index contributed by atoms with van der Waals surface area (Å²) >= 11 is 0. The average molecular weight is 606 g/mol. The number of carboxylic acid groups (broad SMARTS) is 1. The van der Waals surface area contributed by atoms with Crippen molar-refractivity contribution in [2.45, 2.75) is 57.2 Å². The molecule has 5 rings (SSSR count). The quantitative estimate of drug-likeness (QED) is 0.275. The lowest BCUT2D eigenvalue weighted by atomic mass is 9.77. The summed E-state index contributed by atoms with van der Waals surface area (Å²) in [6.07, 6.45) is -5.57. The molecule has 3 aromatic rings. The molecule has 0 saturated heterocycles. The zero-order valence-electron chi connectivity index (χ0n) is 23.3. The molecular formula is C28H28F5N7O3. The van der Waals surface area contributed by atoms with Crippen LogP contribution in [0.5, 0.6) is 0 Å². The molecule has 0 spiro atoms. The zero-order chi connectivity index (χ0) is 31.5. The summed E-state index contributed by atoms with van der Waals surface area (Å²) in [6, 6.07) is 9.17. The van der Waals surface area contributed by atoms with E-state index in [4.69, 9.17) is 5.73 Å². The monoisotopic (exact) mass is 605 g/mol. The summed E-state index contributed by atoms with van der Waals surface area (Å²) in [4.78, 5) is 37.9. The van der Waals surface area contributed by atoms with E-state index in [1.54, 1.807) is 57.2 Å². The van der Waals surface area contributed by atoms with Gasteiger partial charge in [-0.3, -0.25) is 14.6 Å². The molecular weight excluding hydrogens is 577 g/mol. The van der Waals surface area contributed by atoms with Crippen LogP contribution < -0.4 is 21.5 Å². The van der Waals surface area contributed by atoms with Crippen LogP contribution in [0, 0.1) is 5.41 Å². The highest BCUT2D eigenvalue weighted by molar-refractivity contribution is 6.08. The number of nitrogens with one attached hydrogen (secondary N) is 2. The normalized spacial score (nSPS) is 20.1. The van der Waals surface area contributed by atoms with Crippen LogP contribution in [0.4, 0.5) is 39.4 Å². The molecule has 10 nitrogen and oxygen atoms in total. The maximum absolute atomic E-state index is 13.7. The summed E-state index contributed by atoms with van der Waals surface area (Å²) in [5, 5.41) is 13.3. The van der Waals surface area contributed by atoms with Gasteiger partial charge in [-0.05, 0) is 44.4 Å². The number of pyridine rings is 1. The van der Waals surface area contributed by atoms with E-state index in [0.29, 0.717) is 16.7 Å². The van der Waals surface area contributed by atoms with Crippen LogP contribution in [0.15, 0.2) is 42.6 Å². The lowest BCUT2D eigenvalue weighted by Crippen LogP contribution is -2.43. The van der Waals surface area contributed by atoms with Crippen LogP contribution in [0.3, 0.4) is 0 Å². The molecule has 0 fully saturated rings. The van der Waals surface area contributed by atoms with Crippen LogP contribution in [0.1, 0.15) is 61.3 Å². The Kier molecular flexibility index (Phi) is 7.07. The number of carbonyl (C=O) groups is 2. The van der Waals surface area contributed by atoms with Gasteiger partial charge < -0.3 is 16.2 Å². The number of amides is 1. The topological polar surface area (TPSA) is 146 Å². The number of anilines is 3. The third-order valence-electron chi connectivity index (χ3n) is 7.89. The minimum atomic E-state index is -5.70. The Bertz CT molecular complexity index is 1600. The van der Waals surface area contributed by atoms with E-state index in [1.165, 1.54) is 6.20 Å². The number of aliphatic carboxylic acids is 1. The number of carbonyl (C=O) groups excluding carboxylic acids is 1. The number of benzene rings is 1. The number of aromatic nitrogens is 3. The van der Waals surface area contributed by atoms with Crippen molar-refractivity contribution in [3.05, 3.63) is 70.7 Å². The molecule has 0 aliphatic carbocycles. The van der Waals surface area contributed by atoms with E-state index in [2.05, 4.69) is 25.7 Å². The molecule has 2 aliphatic heterocycles. The first-order chi connectivity index (χ1) is 20.0. The number of hydrogen-bond donors (Lipinski definition) is 4. The molecule has 43 heavy (non-hydrogen) atoms. The second-order valence-corrected chi connectivity index (χ2v) is 11.4. The molecule has 4 heterocycles. The summed E-state index contributed by atoms with van der Waals surface area (Å²) < 4.78 is 65.6. The molecule has 15 heteroatoms. The van der Waals surface area contributed by atoms with Crippen LogP contribution in [-0.2, 0) is 21.4 Å². The number of hydrogen-bond acceptors (Lipinski definition) is 8.